The predicted molar refractivity (Wildman–Crippen MR) is 78.3 cm³/mol. The van der Waals surface area contributed by atoms with Crippen LogP contribution in [0.1, 0.15) is 22.7 Å². The first-order valence-corrected chi connectivity index (χ1v) is 6.50. The zero-order valence-corrected chi connectivity index (χ0v) is 12.0. The third kappa shape index (κ3) is 2.93. The van der Waals surface area contributed by atoms with Gasteiger partial charge in [-0.15, -0.1) is 0 Å². The maximum atomic E-state index is 13.4. The van der Waals surface area contributed by atoms with Gasteiger partial charge in [0.25, 0.3) is 0 Å². The Morgan fingerprint density at radius 3 is 2.60 bits per heavy atom. The minimum Gasteiger partial charge on any atom is -0.496 e. The average Bonchev–Trinajstić information content (AvgIpc) is 2.44. The number of rotatable bonds is 4. The molecule has 106 valence electrons. The van der Waals surface area contributed by atoms with Crippen molar-refractivity contribution in [2.24, 2.45) is 5.84 Å². The Morgan fingerprint density at radius 1 is 1.20 bits per heavy atom. The van der Waals surface area contributed by atoms with Gasteiger partial charge in [-0.05, 0) is 42.3 Å². The van der Waals surface area contributed by atoms with E-state index in [0.717, 1.165) is 11.1 Å². The van der Waals surface area contributed by atoms with Crippen molar-refractivity contribution in [2.45, 2.75) is 13.0 Å². The summed E-state index contributed by atoms with van der Waals surface area (Å²) in [6.07, 6.45) is 0. The predicted octanol–water partition coefficient (Wildman–Crippen LogP) is 3.35. The molecule has 2 aromatic carbocycles. The number of hydrazine groups is 1. The summed E-state index contributed by atoms with van der Waals surface area (Å²) in [6.45, 7) is 1.96. The molecule has 0 spiro atoms. The van der Waals surface area contributed by atoms with Gasteiger partial charge in [0, 0.05) is 10.6 Å². The highest BCUT2D eigenvalue weighted by molar-refractivity contribution is 6.31. The molecule has 2 rings (SSSR count). The largest absolute Gasteiger partial charge is 0.496 e. The second-order valence-electron chi connectivity index (χ2n) is 4.51. The van der Waals surface area contributed by atoms with Crippen molar-refractivity contribution in [3.05, 3.63) is 63.9 Å². The molecular weight excluding hydrogens is 279 g/mol. The molecule has 1 unspecified atom stereocenters. The van der Waals surface area contributed by atoms with Gasteiger partial charge in [0.2, 0.25) is 0 Å². The van der Waals surface area contributed by atoms with Crippen LogP contribution < -0.4 is 16.0 Å². The van der Waals surface area contributed by atoms with Gasteiger partial charge in [0.05, 0.1) is 13.2 Å². The van der Waals surface area contributed by atoms with E-state index in [1.807, 2.05) is 25.1 Å². The van der Waals surface area contributed by atoms with Crippen molar-refractivity contribution < 1.29 is 9.13 Å². The highest BCUT2D eigenvalue weighted by Crippen LogP contribution is 2.34. The fourth-order valence-electron chi connectivity index (χ4n) is 2.14. The van der Waals surface area contributed by atoms with E-state index < -0.39 is 6.04 Å². The number of methoxy groups -OCH3 is 1. The van der Waals surface area contributed by atoms with E-state index in [4.69, 9.17) is 22.2 Å². The lowest BCUT2D eigenvalue weighted by Crippen LogP contribution is -2.29. The van der Waals surface area contributed by atoms with E-state index in [2.05, 4.69) is 5.43 Å². The van der Waals surface area contributed by atoms with Gasteiger partial charge in [-0.3, -0.25) is 5.84 Å². The second-order valence-corrected chi connectivity index (χ2v) is 4.92. The van der Waals surface area contributed by atoms with Crippen LogP contribution in [0.4, 0.5) is 4.39 Å². The van der Waals surface area contributed by atoms with Crippen molar-refractivity contribution in [1.29, 1.82) is 0 Å². The third-order valence-corrected chi connectivity index (χ3v) is 3.48. The van der Waals surface area contributed by atoms with Crippen LogP contribution in [0.3, 0.4) is 0 Å². The van der Waals surface area contributed by atoms with Crippen LogP contribution in [0.15, 0.2) is 36.4 Å². The highest BCUT2D eigenvalue weighted by Gasteiger charge is 2.20. The molecule has 2 aromatic rings. The van der Waals surface area contributed by atoms with Gasteiger partial charge < -0.3 is 4.74 Å². The normalized spacial score (nSPS) is 12.2. The van der Waals surface area contributed by atoms with E-state index >= 15 is 0 Å². The summed E-state index contributed by atoms with van der Waals surface area (Å²) in [7, 11) is 1.58. The first-order chi connectivity index (χ1) is 9.56. The highest BCUT2D eigenvalue weighted by atomic mass is 35.5. The molecular formula is C15H16ClFN2O. The van der Waals surface area contributed by atoms with Crippen LogP contribution in [-0.2, 0) is 0 Å². The smallest absolute Gasteiger partial charge is 0.124 e. The summed E-state index contributed by atoms with van der Waals surface area (Å²) in [5.41, 5.74) is 5.09. The molecule has 0 aliphatic heterocycles. The van der Waals surface area contributed by atoms with Gasteiger partial charge in [-0.2, -0.15) is 0 Å². The number of nitrogens with two attached hydrogens (primary N) is 1. The first kappa shape index (κ1) is 14.8. The van der Waals surface area contributed by atoms with Crippen LogP contribution >= 0.6 is 11.6 Å². The molecule has 3 N–H and O–H groups in total. The Kier molecular flexibility index (Phi) is 4.60. The lowest BCUT2D eigenvalue weighted by atomic mass is 9.97. The lowest BCUT2D eigenvalue weighted by molar-refractivity contribution is 0.404. The third-order valence-electron chi connectivity index (χ3n) is 3.14. The molecule has 0 radical (unpaired) electrons. The summed E-state index contributed by atoms with van der Waals surface area (Å²) < 4.78 is 18.8. The van der Waals surface area contributed by atoms with Crippen LogP contribution in [-0.4, -0.2) is 7.11 Å². The topological polar surface area (TPSA) is 47.3 Å². The Bertz CT molecular complexity index is 619. The summed E-state index contributed by atoms with van der Waals surface area (Å²) in [4.78, 5) is 0. The van der Waals surface area contributed by atoms with Gasteiger partial charge >= 0.3 is 0 Å². The van der Waals surface area contributed by atoms with Gasteiger partial charge in [-0.1, -0.05) is 23.7 Å². The molecule has 0 aliphatic rings. The number of hydrogen-bond acceptors (Lipinski definition) is 3. The molecule has 3 nitrogen and oxygen atoms in total. The molecule has 0 saturated carbocycles. The molecule has 20 heavy (non-hydrogen) atoms. The van der Waals surface area contributed by atoms with Gasteiger partial charge in [-0.25, -0.2) is 9.82 Å². The molecule has 0 amide bonds. The number of halogens is 2. The Morgan fingerprint density at radius 2 is 1.95 bits per heavy atom. The maximum Gasteiger partial charge on any atom is 0.124 e. The van der Waals surface area contributed by atoms with E-state index in [1.54, 1.807) is 7.11 Å². The fourth-order valence-corrected chi connectivity index (χ4v) is 2.37. The molecule has 0 saturated heterocycles. The summed E-state index contributed by atoms with van der Waals surface area (Å²) in [6, 6.07) is 9.46. The monoisotopic (exact) mass is 294 g/mol. The summed E-state index contributed by atoms with van der Waals surface area (Å²) >= 11 is 6.14. The Labute approximate surface area is 122 Å². The second kappa shape index (κ2) is 6.22. The molecule has 1 atom stereocenters. The molecule has 0 bridgehead atoms. The van der Waals surface area contributed by atoms with E-state index in [-0.39, 0.29) is 5.82 Å². The van der Waals surface area contributed by atoms with Crippen LogP contribution in [0.25, 0.3) is 0 Å². The zero-order chi connectivity index (χ0) is 14.7. The molecule has 0 aromatic heterocycles. The zero-order valence-electron chi connectivity index (χ0n) is 11.3. The van der Waals surface area contributed by atoms with Crippen LogP contribution in [0, 0.1) is 12.7 Å². The van der Waals surface area contributed by atoms with Crippen molar-refractivity contribution >= 4 is 11.6 Å². The minimum absolute atomic E-state index is 0.365. The molecule has 0 aliphatic carbocycles. The number of nitrogens with one attached hydrogen (secondary N) is 1. The van der Waals surface area contributed by atoms with Crippen LogP contribution in [0.5, 0.6) is 5.75 Å². The molecule has 5 heteroatoms. The molecule has 0 fully saturated rings. The fraction of sp³-hybridized carbons (Fsp3) is 0.200. The number of aryl methyl sites for hydroxylation is 1. The van der Waals surface area contributed by atoms with Crippen molar-refractivity contribution in [3.8, 4) is 5.75 Å². The maximum absolute atomic E-state index is 13.4. The van der Waals surface area contributed by atoms with Gasteiger partial charge in [0.15, 0.2) is 0 Å². The van der Waals surface area contributed by atoms with Gasteiger partial charge in [0.1, 0.15) is 11.6 Å². The van der Waals surface area contributed by atoms with E-state index in [1.165, 1.54) is 18.2 Å². The standard InChI is InChI=1S/C15H16ClFN2O/c1-9-3-5-11(14(7-9)20-2)15(19-18)12-8-10(17)4-6-13(12)16/h3-8,15,19H,18H2,1-2H3. The van der Waals surface area contributed by atoms with Crippen molar-refractivity contribution in [2.75, 3.05) is 7.11 Å². The Hall–Kier alpha value is -1.62. The Balaban J connectivity index is 2.55. The number of hydrogen-bond donors (Lipinski definition) is 2. The first-order valence-electron chi connectivity index (χ1n) is 6.12. The summed E-state index contributed by atoms with van der Waals surface area (Å²) in [5.74, 6) is 5.94. The summed E-state index contributed by atoms with van der Waals surface area (Å²) in [5, 5.41) is 0.442. The number of ether oxygens (including phenoxy) is 1. The number of benzene rings is 2. The van der Waals surface area contributed by atoms with Crippen molar-refractivity contribution in [1.82, 2.24) is 5.43 Å². The van der Waals surface area contributed by atoms with Crippen molar-refractivity contribution in [3.63, 3.8) is 0 Å². The van der Waals surface area contributed by atoms with Crippen LogP contribution in [0.2, 0.25) is 5.02 Å². The lowest BCUT2D eigenvalue weighted by Gasteiger charge is -2.21. The quantitative estimate of drug-likeness (QED) is 0.671. The average molecular weight is 295 g/mol. The van der Waals surface area contributed by atoms with E-state index in [9.17, 15) is 4.39 Å². The minimum atomic E-state index is -0.450. The molecule has 0 heterocycles. The van der Waals surface area contributed by atoms with E-state index in [0.29, 0.717) is 16.3 Å². The SMILES string of the molecule is COc1cc(C)ccc1C(NN)c1cc(F)ccc1Cl.